The van der Waals surface area contributed by atoms with Crippen molar-refractivity contribution in [1.82, 2.24) is 9.88 Å². The number of rotatable bonds is 5. The van der Waals surface area contributed by atoms with E-state index in [2.05, 4.69) is 37.9 Å². The van der Waals surface area contributed by atoms with E-state index in [0.717, 1.165) is 12.2 Å². The van der Waals surface area contributed by atoms with Crippen molar-refractivity contribution in [3.8, 4) is 11.6 Å². The minimum absolute atomic E-state index is 0.00733. The highest BCUT2D eigenvalue weighted by molar-refractivity contribution is 5.94. The van der Waals surface area contributed by atoms with Crippen LogP contribution in [0.2, 0.25) is 0 Å². The molecule has 1 fully saturated rings. The van der Waals surface area contributed by atoms with Crippen LogP contribution in [0.5, 0.6) is 11.6 Å². The number of aromatic nitrogens is 1. The van der Waals surface area contributed by atoms with Gasteiger partial charge in [0.1, 0.15) is 5.75 Å². The molecule has 5 nitrogen and oxygen atoms in total. The Morgan fingerprint density at radius 1 is 1.27 bits per heavy atom. The Balaban J connectivity index is 1.63. The molecule has 0 aliphatic carbocycles. The molecule has 1 unspecified atom stereocenters. The Morgan fingerprint density at radius 3 is 2.65 bits per heavy atom. The van der Waals surface area contributed by atoms with Crippen LogP contribution in [0.25, 0.3) is 0 Å². The predicted molar refractivity (Wildman–Crippen MR) is 101 cm³/mol. The van der Waals surface area contributed by atoms with Crippen molar-refractivity contribution in [2.24, 2.45) is 0 Å². The number of hydrogen-bond donors (Lipinski definition) is 0. The van der Waals surface area contributed by atoms with Crippen LogP contribution in [-0.2, 0) is 4.74 Å². The molecule has 0 spiro atoms. The minimum Gasteiger partial charge on any atom is -0.439 e. The molecule has 0 radical (unpaired) electrons. The Labute approximate surface area is 155 Å². The summed E-state index contributed by atoms with van der Waals surface area (Å²) < 4.78 is 11.4. The van der Waals surface area contributed by atoms with Crippen LogP contribution in [0.3, 0.4) is 0 Å². The number of carbonyl (C=O) groups excluding carboxylic acids is 1. The standard InChI is InChI=1S/C21H26N2O3/c1-4-18-14-23(11-12-25-18)21(24)17-7-10-20(22-13-17)26-19-8-5-16(6-9-19)15(2)3/h5-10,13,15,18H,4,11-12,14H2,1-3H3. The van der Waals surface area contributed by atoms with E-state index in [-0.39, 0.29) is 12.0 Å². The zero-order chi connectivity index (χ0) is 18.5. The second kappa shape index (κ2) is 8.32. The zero-order valence-electron chi connectivity index (χ0n) is 15.6. The maximum atomic E-state index is 12.6. The first-order valence-electron chi connectivity index (χ1n) is 9.21. The number of benzene rings is 1. The van der Waals surface area contributed by atoms with Crippen LogP contribution in [0, 0.1) is 0 Å². The molecule has 1 atom stereocenters. The third-order valence-corrected chi connectivity index (χ3v) is 4.63. The van der Waals surface area contributed by atoms with E-state index >= 15 is 0 Å². The summed E-state index contributed by atoms with van der Waals surface area (Å²) in [5, 5.41) is 0. The second-order valence-corrected chi connectivity index (χ2v) is 6.86. The van der Waals surface area contributed by atoms with Gasteiger partial charge in [-0.1, -0.05) is 32.9 Å². The first-order chi connectivity index (χ1) is 12.6. The van der Waals surface area contributed by atoms with E-state index in [1.54, 1.807) is 18.3 Å². The highest BCUT2D eigenvalue weighted by atomic mass is 16.5. The monoisotopic (exact) mass is 354 g/mol. The maximum absolute atomic E-state index is 12.6. The van der Waals surface area contributed by atoms with Crippen molar-refractivity contribution in [3.63, 3.8) is 0 Å². The number of carbonyl (C=O) groups is 1. The molecule has 1 aliphatic rings. The van der Waals surface area contributed by atoms with Gasteiger partial charge in [-0.3, -0.25) is 4.79 Å². The van der Waals surface area contributed by atoms with Crippen LogP contribution >= 0.6 is 0 Å². The Hall–Kier alpha value is -2.40. The normalized spacial score (nSPS) is 17.4. The Bertz CT molecular complexity index is 726. The van der Waals surface area contributed by atoms with Crippen LogP contribution in [0.4, 0.5) is 0 Å². The molecule has 138 valence electrons. The predicted octanol–water partition coefficient (Wildman–Crippen LogP) is 4.25. The number of hydrogen-bond acceptors (Lipinski definition) is 4. The fourth-order valence-electron chi connectivity index (χ4n) is 2.94. The largest absolute Gasteiger partial charge is 0.439 e. The van der Waals surface area contributed by atoms with Gasteiger partial charge in [0.2, 0.25) is 5.88 Å². The van der Waals surface area contributed by atoms with Gasteiger partial charge < -0.3 is 14.4 Å². The topological polar surface area (TPSA) is 51.7 Å². The Morgan fingerprint density at radius 2 is 2.04 bits per heavy atom. The van der Waals surface area contributed by atoms with Crippen LogP contribution in [0.15, 0.2) is 42.6 Å². The van der Waals surface area contributed by atoms with E-state index in [9.17, 15) is 4.79 Å². The molecule has 1 aromatic carbocycles. The molecule has 1 aromatic heterocycles. The van der Waals surface area contributed by atoms with Crippen molar-refractivity contribution >= 4 is 5.91 Å². The van der Waals surface area contributed by atoms with E-state index in [0.29, 0.717) is 37.1 Å². The van der Waals surface area contributed by atoms with Crippen LogP contribution in [0.1, 0.15) is 49.0 Å². The Kier molecular flexibility index (Phi) is 5.89. The van der Waals surface area contributed by atoms with Gasteiger partial charge in [0, 0.05) is 25.4 Å². The third kappa shape index (κ3) is 4.41. The molecule has 2 aromatic rings. The smallest absolute Gasteiger partial charge is 0.255 e. The van der Waals surface area contributed by atoms with Crippen molar-refractivity contribution in [2.45, 2.75) is 39.2 Å². The number of pyridine rings is 1. The van der Waals surface area contributed by atoms with Gasteiger partial charge in [0.25, 0.3) is 5.91 Å². The third-order valence-electron chi connectivity index (χ3n) is 4.63. The molecule has 0 saturated carbocycles. The average Bonchev–Trinajstić information content (AvgIpc) is 2.68. The first kappa shape index (κ1) is 18.4. The molecule has 1 aliphatic heterocycles. The van der Waals surface area contributed by atoms with Crippen molar-refractivity contribution in [1.29, 1.82) is 0 Å². The SMILES string of the molecule is CCC1CN(C(=O)c2ccc(Oc3ccc(C(C)C)cc3)nc2)CCO1. The quantitative estimate of drug-likeness (QED) is 0.805. The second-order valence-electron chi connectivity index (χ2n) is 6.86. The lowest BCUT2D eigenvalue weighted by atomic mass is 10.0. The van der Waals surface area contributed by atoms with Gasteiger partial charge in [0.15, 0.2) is 0 Å². The van der Waals surface area contributed by atoms with Crippen molar-refractivity contribution < 1.29 is 14.3 Å². The molecule has 26 heavy (non-hydrogen) atoms. The summed E-state index contributed by atoms with van der Waals surface area (Å²) in [7, 11) is 0. The van der Waals surface area contributed by atoms with Gasteiger partial charge in [-0.15, -0.1) is 0 Å². The summed E-state index contributed by atoms with van der Waals surface area (Å²) >= 11 is 0. The molecule has 1 saturated heterocycles. The molecule has 1 amide bonds. The van der Waals surface area contributed by atoms with E-state index in [1.807, 2.05) is 17.0 Å². The highest BCUT2D eigenvalue weighted by Crippen LogP contribution is 2.23. The van der Waals surface area contributed by atoms with Gasteiger partial charge >= 0.3 is 0 Å². The number of amides is 1. The highest BCUT2D eigenvalue weighted by Gasteiger charge is 2.24. The molecular formula is C21H26N2O3. The lowest BCUT2D eigenvalue weighted by molar-refractivity contribution is -0.0226. The summed E-state index contributed by atoms with van der Waals surface area (Å²) in [4.78, 5) is 18.7. The van der Waals surface area contributed by atoms with Gasteiger partial charge in [-0.05, 0) is 36.1 Å². The summed E-state index contributed by atoms with van der Waals surface area (Å²) in [6.07, 6.45) is 2.61. The number of nitrogens with zero attached hydrogens (tertiary/aromatic N) is 2. The fraction of sp³-hybridized carbons (Fsp3) is 0.429. The molecule has 5 heteroatoms. The molecule has 0 bridgehead atoms. The first-order valence-corrected chi connectivity index (χ1v) is 9.21. The average molecular weight is 354 g/mol. The lowest BCUT2D eigenvalue weighted by Crippen LogP contribution is -2.45. The summed E-state index contributed by atoms with van der Waals surface area (Å²) in [6.45, 7) is 8.23. The number of morpholine rings is 1. The molecule has 2 heterocycles. The number of ether oxygens (including phenoxy) is 2. The summed E-state index contributed by atoms with van der Waals surface area (Å²) in [5.74, 6) is 1.69. The minimum atomic E-state index is -0.00733. The summed E-state index contributed by atoms with van der Waals surface area (Å²) in [5.41, 5.74) is 1.84. The lowest BCUT2D eigenvalue weighted by Gasteiger charge is -2.32. The van der Waals surface area contributed by atoms with Gasteiger partial charge in [-0.2, -0.15) is 0 Å². The molecule has 0 N–H and O–H groups in total. The van der Waals surface area contributed by atoms with Crippen LogP contribution < -0.4 is 4.74 Å². The van der Waals surface area contributed by atoms with E-state index in [1.165, 1.54) is 5.56 Å². The summed E-state index contributed by atoms with van der Waals surface area (Å²) in [6, 6.07) is 11.5. The van der Waals surface area contributed by atoms with Gasteiger partial charge in [0.05, 0.1) is 18.3 Å². The molecule has 3 rings (SSSR count). The van der Waals surface area contributed by atoms with Crippen molar-refractivity contribution in [3.05, 3.63) is 53.7 Å². The fourth-order valence-corrected chi connectivity index (χ4v) is 2.94. The van der Waals surface area contributed by atoms with Gasteiger partial charge in [-0.25, -0.2) is 4.98 Å². The maximum Gasteiger partial charge on any atom is 0.255 e. The van der Waals surface area contributed by atoms with Crippen molar-refractivity contribution in [2.75, 3.05) is 19.7 Å². The zero-order valence-corrected chi connectivity index (χ0v) is 15.6. The van der Waals surface area contributed by atoms with E-state index in [4.69, 9.17) is 9.47 Å². The van der Waals surface area contributed by atoms with Crippen LogP contribution in [-0.4, -0.2) is 41.6 Å². The van der Waals surface area contributed by atoms with E-state index < -0.39 is 0 Å². The molecular weight excluding hydrogens is 328 g/mol.